The fraction of sp³-hybridized carbons (Fsp3) is 0.538. The molecule has 0 amide bonds. The molecule has 0 unspecified atom stereocenters. The molecule has 1 aliphatic heterocycles. The first-order valence-electron chi connectivity index (χ1n) is 6.11. The average Bonchev–Trinajstić information content (AvgIpc) is 2.59. The van der Waals surface area contributed by atoms with Gasteiger partial charge in [-0.2, -0.15) is 0 Å². The van der Waals surface area contributed by atoms with E-state index in [2.05, 4.69) is 27.4 Å². The van der Waals surface area contributed by atoms with E-state index in [1.54, 1.807) is 0 Å². The van der Waals surface area contributed by atoms with Gasteiger partial charge in [0.05, 0.1) is 5.84 Å². The lowest BCUT2D eigenvalue weighted by Crippen LogP contribution is -2.25. The maximum atomic E-state index is 4.55. The maximum Gasteiger partial charge on any atom is 0.0963 e. The van der Waals surface area contributed by atoms with Crippen LogP contribution >= 0.6 is 0 Å². The summed E-state index contributed by atoms with van der Waals surface area (Å²) in [5.74, 6) is 1.20. The summed E-state index contributed by atoms with van der Waals surface area (Å²) in [7, 11) is 0. The van der Waals surface area contributed by atoms with Crippen LogP contribution in [-0.4, -0.2) is 23.9 Å². The zero-order valence-electron chi connectivity index (χ0n) is 9.65. The van der Waals surface area contributed by atoms with E-state index in [4.69, 9.17) is 0 Å². The van der Waals surface area contributed by atoms with Gasteiger partial charge < -0.3 is 5.32 Å². The van der Waals surface area contributed by atoms with Crippen LogP contribution in [0.2, 0.25) is 0 Å². The Labute approximate surface area is 97.0 Å². The summed E-state index contributed by atoms with van der Waals surface area (Å²) in [6.07, 6.45) is 9.70. The molecule has 0 saturated heterocycles. The molecule has 3 nitrogen and oxygen atoms in total. The molecule has 0 spiro atoms. The minimum Gasteiger partial charge on any atom is -0.374 e. The van der Waals surface area contributed by atoms with E-state index in [1.807, 2.05) is 12.4 Å². The molecule has 3 heteroatoms. The second-order valence-electron chi connectivity index (χ2n) is 4.17. The van der Waals surface area contributed by atoms with Gasteiger partial charge in [-0.25, -0.2) is 0 Å². The van der Waals surface area contributed by atoms with Crippen molar-refractivity contribution in [1.82, 2.24) is 10.3 Å². The molecule has 0 bridgehead atoms. The Bertz CT molecular complexity index is 332. The third kappa shape index (κ3) is 3.65. The van der Waals surface area contributed by atoms with Gasteiger partial charge in [0.15, 0.2) is 0 Å². The molecule has 0 aliphatic carbocycles. The molecule has 1 aromatic heterocycles. The monoisotopic (exact) mass is 217 g/mol. The largest absolute Gasteiger partial charge is 0.374 e. The number of pyridine rings is 1. The number of rotatable bonds is 3. The Morgan fingerprint density at radius 3 is 2.88 bits per heavy atom. The van der Waals surface area contributed by atoms with Gasteiger partial charge in [0, 0.05) is 31.9 Å². The molecule has 2 heterocycles. The Balaban J connectivity index is 1.73. The van der Waals surface area contributed by atoms with Crippen molar-refractivity contribution < 1.29 is 0 Å². The Hall–Kier alpha value is -1.38. The first-order valence-corrected chi connectivity index (χ1v) is 6.11. The van der Waals surface area contributed by atoms with Crippen LogP contribution in [-0.2, 0) is 6.42 Å². The molecule has 0 atom stereocenters. The van der Waals surface area contributed by atoms with Gasteiger partial charge in [0.2, 0.25) is 0 Å². The minimum absolute atomic E-state index is 0.975. The number of nitrogens with zero attached hydrogens (tertiary/aromatic N) is 2. The molecular weight excluding hydrogens is 198 g/mol. The van der Waals surface area contributed by atoms with Crippen LogP contribution in [0, 0.1) is 0 Å². The molecule has 0 fully saturated rings. The standard InChI is InChI=1S/C13H19N3/c1-2-4-13(15-8-3-1)16-11-7-12-5-9-14-10-6-12/h5-6,9-10H,1-4,7-8,11H2,(H,15,16). The average molecular weight is 217 g/mol. The number of hydrogen-bond acceptors (Lipinski definition) is 3. The second kappa shape index (κ2) is 6.26. The lowest BCUT2D eigenvalue weighted by atomic mass is 10.2. The predicted octanol–water partition coefficient (Wildman–Crippen LogP) is 2.19. The van der Waals surface area contributed by atoms with Crippen LogP contribution in [0.1, 0.15) is 31.2 Å². The first-order chi connectivity index (χ1) is 7.95. The number of nitrogens with one attached hydrogen (secondary N) is 1. The zero-order valence-corrected chi connectivity index (χ0v) is 9.65. The molecule has 1 aliphatic rings. The van der Waals surface area contributed by atoms with Gasteiger partial charge in [-0.1, -0.05) is 6.42 Å². The predicted molar refractivity (Wildman–Crippen MR) is 66.7 cm³/mol. The van der Waals surface area contributed by atoms with Crippen molar-refractivity contribution in [3.63, 3.8) is 0 Å². The Morgan fingerprint density at radius 2 is 2.00 bits per heavy atom. The molecule has 1 aromatic rings. The molecule has 2 rings (SSSR count). The van der Waals surface area contributed by atoms with Crippen molar-refractivity contribution in [3.05, 3.63) is 30.1 Å². The van der Waals surface area contributed by atoms with Crippen molar-refractivity contribution in [2.45, 2.75) is 32.1 Å². The first kappa shape index (κ1) is 11.1. The van der Waals surface area contributed by atoms with Gasteiger partial charge in [-0.15, -0.1) is 0 Å². The Kier molecular flexibility index (Phi) is 4.35. The normalized spacial score (nSPS) is 16.4. The molecule has 1 N–H and O–H groups in total. The van der Waals surface area contributed by atoms with E-state index in [0.29, 0.717) is 0 Å². The summed E-state index contributed by atoms with van der Waals surface area (Å²) in [5.41, 5.74) is 1.33. The number of hydrogen-bond donors (Lipinski definition) is 1. The zero-order chi connectivity index (χ0) is 11.1. The van der Waals surface area contributed by atoms with Crippen LogP contribution in [0.5, 0.6) is 0 Å². The van der Waals surface area contributed by atoms with Crippen LogP contribution in [0.25, 0.3) is 0 Å². The highest BCUT2D eigenvalue weighted by atomic mass is 15.0. The van der Waals surface area contributed by atoms with Crippen LogP contribution < -0.4 is 5.32 Å². The van der Waals surface area contributed by atoms with E-state index >= 15 is 0 Å². The molecule has 0 radical (unpaired) electrons. The number of aromatic nitrogens is 1. The summed E-state index contributed by atoms with van der Waals surface area (Å²) in [5, 5.41) is 3.44. The Morgan fingerprint density at radius 1 is 1.12 bits per heavy atom. The van der Waals surface area contributed by atoms with Crippen LogP contribution in [0.3, 0.4) is 0 Å². The van der Waals surface area contributed by atoms with Crippen molar-refractivity contribution in [1.29, 1.82) is 0 Å². The van der Waals surface area contributed by atoms with Gasteiger partial charge in [0.25, 0.3) is 0 Å². The van der Waals surface area contributed by atoms with E-state index in [1.165, 1.54) is 30.7 Å². The van der Waals surface area contributed by atoms with E-state index < -0.39 is 0 Å². The van der Waals surface area contributed by atoms with Gasteiger partial charge in [0.1, 0.15) is 0 Å². The van der Waals surface area contributed by atoms with Crippen molar-refractivity contribution in [3.8, 4) is 0 Å². The highest BCUT2D eigenvalue weighted by molar-refractivity contribution is 5.82. The third-order valence-corrected chi connectivity index (χ3v) is 2.87. The molecule has 0 saturated carbocycles. The summed E-state index contributed by atoms with van der Waals surface area (Å²) in [6, 6.07) is 4.13. The minimum atomic E-state index is 0.975. The van der Waals surface area contributed by atoms with Gasteiger partial charge in [-0.3, -0.25) is 9.98 Å². The maximum absolute atomic E-state index is 4.55. The smallest absolute Gasteiger partial charge is 0.0963 e. The van der Waals surface area contributed by atoms with E-state index in [-0.39, 0.29) is 0 Å². The summed E-state index contributed by atoms with van der Waals surface area (Å²) in [4.78, 5) is 8.56. The lowest BCUT2D eigenvalue weighted by Gasteiger charge is -2.07. The quantitative estimate of drug-likeness (QED) is 0.842. The highest BCUT2D eigenvalue weighted by Crippen LogP contribution is 2.06. The highest BCUT2D eigenvalue weighted by Gasteiger charge is 2.02. The molecule has 86 valence electrons. The van der Waals surface area contributed by atoms with Crippen molar-refractivity contribution in [2.24, 2.45) is 4.99 Å². The molecule has 0 aromatic carbocycles. The number of amidine groups is 1. The fourth-order valence-electron chi connectivity index (χ4n) is 1.92. The van der Waals surface area contributed by atoms with E-state index in [9.17, 15) is 0 Å². The van der Waals surface area contributed by atoms with Crippen LogP contribution in [0.4, 0.5) is 0 Å². The lowest BCUT2D eigenvalue weighted by molar-refractivity contribution is 0.728. The SMILES string of the molecule is c1cc(CCNC2=NCCCCC2)ccn1. The molecular formula is C13H19N3. The van der Waals surface area contributed by atoms with E-state index in [0.717, 1.165) is 25.9 Å². The number of aliphatic imine (C=N–C) groups is 1. The fourth-order valence-corrected chi connectivity index (χ4v) is 1.92. The van der Waals surface area contributed by atoms with Gasteiger partial charge >= 0.3 is 0 Å². The second-order valence-corrected chi connectivity index (χ2v) is 4.17. The summed E-state index contributed by atoms with van der Waals surface area (Å²) >= 11 is 0. The van der Waals surface area contributed by atoms with Crippen molar-refractivity contribution in [2.75, 3.05) is 13.1 Å². The molecule has 16 heavy (non-hydrogen) atoms. The van der Waals surface area contributed by atoms with Crippen molar-refractivity contribution >= 4 is 5.84 Å². The third-order valence-electron chi connectivity index (χ3n) is 2.87. The van der Waals surface area contributed by atoms with Gasteiger partial charge in [-0.05, 0) is 37.0 Å². The van der Waals surface area contributed by atoms with Crippen LogP contribution in [0.15, 0.2) is 29.5 Å². The summed E-state index contributed by atoms with van der Waals surface area (Å²) in [6.45, 7) is 1.97. The topological polar surface area (TPSA) is 37.3 Å². The summed E-state index contributed by atoms with van der Waals surface area (Å²) < 4.78 is 0.